The molecular formula is C45H56N8O6. The molecule has 14 nitrogen and oxygen atoms in total. The van der Waals surface area contributed by atoms with Gasteiger partial charge in [-0.3, -0.25) is 14.9 Å². The van der Waals surface area contributed by atoms with Gasteiger partial charge in [0.05, 0.1) is 49.0 Å². The minimum absolute atomic E-state index is 0.0284. The molecule has 4 heterocycles. The Morgan fingerprint density at radius 1 is 0.763 bits per heavy atom. The molecular weight excluding hydrogens is 749 g/mol. The second kappa shape index (κ2) is 17.8. The van der Waals surface area contributed by atoms with Crippen molar-refractivity contribution in [1.29, 1.82) is 0 Å². The summed E-state index contributed by atoms with van der Waals surface area (Å²) >= 11 is 0. The number of likely N-dealkylation sites (tertiary alicyclic amines) is 2. The first kappa shape index (κ1) is 41.7. The number of nitrogens with zero attached hydrogens (tertiary/aromatic N) is 4. The van der Waals surface area contributed by atoms with E-state index in [9.17, 15) is 19.5 Å². The molecule has 59 heavy (non-hydrogen) atoms. The Morgan fingerprint density at radius 3 is 1.80 bits per heavy atom. The highest BCUT2D eigenvalue weighted by atomic mass is 16.6. The third kappa shape index (κ3) is 8.78. The molecule has 312 valence electrons. The van der Waals surface area contributed by atoms with E-state index in [1.54, 1.807) is 6.20 Å². The van der Waals surface area contributed by atoms with Gasteiger partial charge < -0.3 is 39.7 Å². The molecule has 1 saturated carbocycles. The molecule has 3 aliphatic rings. The molecule has 0 spiro atoms. The van der Waals surface area contributed by atoms with Crippen LogP contribution < -0.4 is 10.6 Å². The minimum atomic E-state index is -1.23. The summed E-state index contributed by atoms with van der Waals surface area (Å²) in [5.74, 6) is 8.11. The van der Waals surface area contributed by atoms with Crippen molar-refractivity contribution in [3.63, 3.8) is 0 Å². The van der Waals surface area contributed by atoms with Gasteiger partial charge in [-0.2, -0.15) is 0 Å². The highest BCUT2D eigenvalue weighted by Crippen LogP contribution is 2.49. The predicted octanol–water partition coefficient (Wildman–Crippen LogP) is 5.89. The van der Waals surface area contributed by atoms with Crippen molar-refractivity contribution >= 4 is 17.9 Å². The molecule has 14 heteroatoms. The van der Waals surface area contributed by atoms with Crippen molar-refractivity contribution in [3.8, 4) is 34.4 Å². The van der Waals surface area contributed by atoms with Crippen LogP contribution in [0, 0.1) is 29.6 Å². The summed E-state index contributed by atoms with van der Waals surface area (Å²) in [5.41, 5.74) is 5.37. The van der Waals surface area contributed by atoms with Gasteiger partial charge in [0.2, 0.25) is 18.2 Å². The largest absolute Gasteiger partial charge is 0.453 e. The van der Waals surface area contributed by atoms with E-state index in [2.05, 4.69) is 32.4 Å². The van der Waals surface area contributed by atoms with E-state index in [0.717, 1.165) is 77.4 Å². The first-order chi connectivity index (χ1) is 28.4. The zero-order chi connectivity index (χ0) is 42.0. The van der Waals surface area contributed by atoms with Gasteiger partial charge >= 0.3 is 6.09 Å². The predicted molar refractivity (Wildman–Crippen MR) is 222 cm³/mol. The monoisotopic (exact) mass is 804 g/mol. The van der Waals surface area contributed by atoms with Crippen molar-refractivity contribution in [1.82, 2.24) is 40.4 Å². The van der Waals surface area contributed by atoms with Gasteiger partial charge in [-0.25, -0.2) is 14.8 Å². The Labute approximate surface area is 345 Å². The number of carbonyl (C=O) groups excluding carboxylic acids is 3. The quantitative estimate of drug-likeness (QED) is 0.0864. The van der Waals surface area contributed by atoms with Crippen molar-refractivity contribution in [2.75, 3.05) is 14.2 Å². The fraction of sp³-hybridized carbons (Fsp3) is 0.489. The lowest BCUT2D eigenvalue weighted by Gasteiger charge is -2.39. The number of aromatic amines is 2. The van der Waals surface area contributed by atoms with Crippen LogP contribution >= 0.6 is 0 Å². The van der Waals surface area contributed by atoms with Crippen LogP contribution in [0.5, 0.6) is 0 Å². The number of fused-ring (bicyclic) bond motifs is 1. The number of aliphatic hydroxyl groups is 1. The van der Waals surface area contributed by atoms with E-state index in [-0.39, 0.29) is 47.8 Å². The summed E-state index contributed by atoms with van der Waals surface area (Å²) in [7, 11) is 2.69. The van der Waals surface area contributed by atoms with E-state index < -0.39 is 24.6 Å². The topological polar surface area (TPSA) is 178 Å². The van der Waals surface area contributed by atoms with Crippen LogP contribution in [-0.4, -0.2) is 97.6 Å². The first-order valence-electron chi connectivity index (χ1n) is 20.6. The molecule has 0 radical (unpaired) electrons. The van der Waals surface area contributed by atoms with Gasteiger partial charge in [0.25, 0.3) is 0 Å². The highest BCUT2D eigenvalue weighted by Gasteiger charge is 2.51. The molecule has 1 aliphatic carbocycles. The van der Waals surface area contributed by atoms with E-state index in [4.69, 9.17) is 19.4 Å². The zero-order valence-electron chi connectivity index (χ0n) is 34.9. The molecule has 1 unspecified atom stereocenters. The molecule has 8 atom stereocenters. The first-order valence-corrected chi connectivity index (χ1v) is 20.6. The smallest absolute Gasteiger partial charge is 0.407 e. The summed E-state index contributed by atoms with van der Waals surface area (Å²) < 4.78 is 9.78. The van der Waals surface area contributed by atoms with Gasteiger partial charge in [-0.15, -0.1) is 0 Å². The number of methoxy groups -OCH3 is 2. The van der Waals surface area contributed by atoms with Crippen molar-refractivity contribution in [2.24, 2.45) is 17.8 Å². The number of alkyl carbamates (subject to hydrolysis) is 1. The number of H-pyrrole nitrogens is 2. The van der Waals surface area contributed by atoms with E-state index >= 15 is 0 Å². The molecule has 2 aromatic carbocycles. The van der Waals surface area contributed by atoms with Gasteiger partial charge in [0, 0.05) is 30.3 Å². The van der Waals surface area contributed by atoms with Gasteiger partial charge in [-0.1, -0.05) is 63.8 Å². The molecule has 0 bridgehead atoms. The average molecular weight is 805 g/mol. The fourth-order valence-corrected chi connectivity index (χ4v) is 8.72. The Hall–Kier alpha value is -5.49. The molecule has 3 fully saturated rings. The Kier molecular flexibility index (Phi) is 12.6. The average Bonchev–Trinajstić information content (AvgIpc) is 4.04. The highest BCUT2D eigenvalue weighted by molar-refractivity contribution is 5.87. The number of hydrogen-bond donors (Lipinski definition) is 5. The lowest BCUT2D eigenvalue weighted by atomic mass is 9.80. The number of ether oxygens (including phenoxy) is 2. The van der Waals surface area contributed by atoms with Gasteiger partial charge in [0.15, 0.2) is 0 Å². The third-order valence-corrected chi connectivity index (χ3v) is 12.2. The Bertz CT molecular complexity index is 2170. The number of hydrogen-bond acceptors (Lipinski definition) is 9. The molecule has 3 amide bonds. The van der Waals surface area contributed by atoms with E-state index in [0.29, 0.717) is 5.92 Å². The third-order valence-electron chi connectivity index (χ3n) is 12.2. The summed E-state index contributed by atoms with van der Waals surface area (Å²) in [6, 6.07) is 14.5. The SMILES string of the molecule is COC(=O)N[C@H](C(=O)N1[C@H](c2ncc(-c3ccc(C#Cc4ccc(-c5cnc([C@@H]6CC[C@H](C)N6C(=O)[C@@H](NC(O)OC)C(C)C)[nH]5)cc4)cc3)[nH]2)C[C@@H]2CC[C@@H]21)C(C)C. The summed E-state index contributed by atoms with van der Waals surface area (Å²) in [5, 5.41) is 15.7. The fourth-order valence-electron chi connectivity index (χ4n) is 8.72. The second-order valence-corrected chi connectivity index (χ2v) is 16.7. The van der Waals surface area contributed by atoms with Gasteiger partial charge in [0.1, 0.15) is 17.7 Å². The lowest BCUT2D eigenvalue weighted by Crippen LogP contribution is -2.54. The summed E-state index contributed by atoms with van der Waals surface area (Å²) in [6.07, 6.45) is 6.29. The van der Waals surface area contributed by atoms with Crippen LogP contribution in [0.3, 0.4) is 0 Å². The Morgan fingerprint density at radius 2 is 1.31 bits per heavy atom. The molecule has 5 N–H and O–H groups in total. The van der Waals surface area contributed by atoms with E-state index in [1.807, 2.05) is 99.1 Å². The van der Waals surface area contributed by atoms with Crippen molar-refractivity contribution < 1.29 is 29.0 Å². The molecule has 2 aromatic heterocycles. The number of carbonyl (C=O) groups is 3. The van der Waals surface area contributed by atoms with Crippen LogP contribution in [-0.2, 0) is 19.1 Å². The summed E-state index contributed by atoms with van der Waals surface area (Å²) in [4.78, 5) is 60.0. The van der Waals surface area contributed by atoms with Gasteiger partial charge in [-0.05, 0) is 92.2 Å². The van der Waals surface area contributed by atoms with E-state index in [1.165, 1.54) is 14.2 Å². The maximum Gasteiger partial charge on any atom is 0.407 e. The molecule has 2 aliphatic heterocycles. The minimum Gasteiger partial charge on any atom is -0.453 e. The zero-order valence-corrected chi connectivity index (χ0v) is 34.9. The number of rotatable bonds is 12. The number of aliphatic hydroxyl groups excluding tert-OH is 1. The van der Waals surface area contributed by atoms with Crippen molar-refractivity contribution in [3.05, 3.63) is 83.7 Å². The lowest BCUT2D eigenvalue weighted by molar-refractivity contribution is -0.146. The van der Waals surface area contributed by atoms with Crippen LogP contribution in [0.2, 0.25) is 0 Å². The molecule has 4 aromatic rings. The maximum absolute atomic E-state index is 13.9. The van der Waals surface area contributed by atoms with Crippen LogP contribution in [0.1, 0.15) is 102 Å². The van der Waals surface area contributed by atoms with Crippen LogP contribution in [0.4, 0.5) is 4.79 Å². The number of nitrogens with one attached hydrogen (secondary N) is 4. The Balaban J connectivity index is 0.994. The van der Waals surface area contributed by atoms with Crippen LogP contribution in [0.15, 0.2) is 60.9 Å². The number of imidazole rings is 2. The maximum atomic E-state index is 13.9. The normalized spacial score (nSPS) is 22.6. The standard InChI is InChI=1S/C45H56N8O6/c1-25(2)38(50-44(56)58-6)42(54)52-27(5)8-20-36(52)40-46-23-33(48-40)30-15-11-28(12-16-30)9-10-29-13-17-31(18-14-29)34-24-47-41(49-34)37-22-32-19-21-35(32)53(37)43(55)39(26(3)4)51-45(57)59-7/h11-18,23-27,32,35-39,44,50,56H,8,19-22H2,1-7H3,(H,46,48)(H,47,49)(H,51,57)/t27-,32-,35-,36-,37-,38-,39-,44?/m0/s1. The molecule has 2 saturated heterocycles. The number of benzene rings is 2. The van der Waals surface area contributed by atoms with Crippen LogP contribution in [0.25, 0.3) is 22.5 Å². The number of amides is 3. The summed E-state index contributed by atoms with van der Waals surface area (Å²) in [6.45, 7) is 9.78. The van der Waals surface area contributed by atoms with Crippen molar-refractivity contribution in [2.45, 2.75) is 109 Å². The second-order valence-electron chi connectivity index (χ2n) is 16.7. The number of aromatic nitrogens is 4. The molecule has 7 rings (SSSR count).